The Morgan fingerprint density at radius 3 is 2.61 bits per heavy atom. The molecule has 1 saturated heterocycles. The van der Waals surface area contributed by atoms with E-state index in [0.29, 0.717) is 18.8 Å². The fraction of sp³-hybridized carbons (Fsp3) is 0.435. The number of benzene rings is 2. The van der Waals surface area contributed by atoms with Crippen LogP contribution in [-0.4, -0.2) is 50.6 Å². The summed E-state index contributed by atoms with van der Waals surface area (Å²) in [6.07, 6.45) is 3.86. The number of sulfonamides is 1. The van der Waals surface area contributed by atoms with Gasteiger partial charge in [0.2, 0.25) is 15.9 Å². The van der Waals surface area contributed by atoms with Gasteiger partial charge in [-0.1, -0.05) is 24.6 Å². The zero-order valence-electron chi connectivity index (χ0n) is 17.8. The van der Waals surface area contributed by atoms with Gasteiger partial charge in [0.05, 0.1) is 17.1 Å². The SMILES string of the molecule is Cc1ccc(S(=O)(=O)N2CCCCC2)cc1NC(=O)CN1CCCSc2ccccc21. The number of carbonyl (C=O) groups is 1. The highest BCUT2D eigenvalue weighted by Crippen LogP contribution is 2.33. The fourth-order valence-electron chi connectivity index (χ4n) is 4.08. The molecule has 0 aliphatic carbocycles. The van der Waals surface area contributed by atoms with Crippen LogP contribution < -0.4 is 10.2 Å². The Labute approximate surface area is 189 Å². The van der Waals surface area contributed by atoms with Gasteiger partial charge in [-0.15, -0.1) is 11.8 Å². The number of nitrogens with zero attached hydrogens (tertiary/aromatic N) is 2. The van der Waals surface area contributed by atoms with Crippen molar-refractivity contribution in [2.75, 3.05) is 42.1 Å². The smallest absolute Gasteiger partial charge is 0.243 e. The summed E-state index contributed by atoms with van der Waals surface area (Å²) in [5.74, 6) is 0.891. The third-order valence-corrected chi connectivity index (χ3v) is 8.85. The number of piperidine rings is 1. The molecular formula is C23H29N3O3S2. The fourth-order valence-corrected chi connectivity index (χ4v) is 6.63. The molecule has 31 heavy (non-hydrogen) atoms. The number of anilines is 2. The van der Waals surface area contributed by atoms with Crippen molar-refractivity contribution in [1.82, 2.24) is 4.31 Å². The molecule has 0 bridgehead atoms. The molecular weight excluding hydrogens is 430 g/mol. The number of hydrogen-bond donors (Lipinski definition) is 1. The van der Waals surface area contributed by atoms with E-state index in [0.717, 1.165) is 49.2 Å². The molecule has 6 nitrogen and oxygen atoms in total. The molecule has 0 unspecified atom stereocenters. The molecule has 8 heteroatoms. The molecule has 0 saturated carbocycles. The Balaban J connectivity index is 1.50. The lowest BCUT2D eigenvalue weighted by atomic mass is 10.2. The highest BCUT2D eigenvalue weighted by atomic mass is 32.2. The van der Waals surface area contributed by atoms with Gasteiger partial charge in [-0.25, -0.2) is 8.42 Å². The van der Waals surface area contributed by atoms with Crippen LogP contribution in [0.5, 0.6) is 0 Å². The van der Waals surface area contributed by atoms with Crippen LogP contribution in [0.25, 0.3) is 0 Å². The maximum absolute atomic E-state index is 13.0. The van der Waals surface area contributed by atoms with Crippen LogP contribution in [0.2, 0.25) is 0 Å². The number of para-hydroxylation sites is 1. The van der Waals surface area contributed by atoms with Crippen LogP contribution in [0.4, 0.5) is 11.4 Å². The summed E-state index contributed by atoms with van der Waals surface area (Å²) < 4.78 is 27.6. The molecule has 4 rings (SSSR count). The molecule has 2 aromatic rings. The third kappa shape index (κ3) is 5.07. The lowest BCUT2D eigenvalue weighted by Gasteiger charge is -2.26. The molecule has 1 amide bonds. The number of carbonyl (C=O) groups excluding carboxylic acids is 1. The first kappa shape index (κ1) is 22.2. The van der Waals surface area contributed by atoms with Crippen molar-refractivity contribution in [3.8, 4) is 0 Å². The van der Waals surface area contributed by atoms with Gasteiger partial charge in [0.1, 0.15) is 0 Å². The Bertz CT molecular complexity index is 1050. The van der Waals surface area contributed by atoms with E-state index in [2.05, 4.69) is 22.3 Å². The van der Waals surface area contributed by atoms with E-state index in [9.17, 15) is 13.2 Å². The van der Waals surface area contributed by atoms with E-state index in [1.165, 1.54) is 4.90 Å². The quantitative estimate of drug-likeness (QED) is 0.729. The number of aryl methyl sites for hydroxylation is 1. The van der Waals surface area contributed by atoms with E-state index in [-0.39, 0.29) is 17.3 Å². The molecule has 166 valence electrons. The zero-order chi connectivity index (χ0) is 21.8. The van der Waals surface area contributed by atoms with Crippen molar-refractivity contribution < 1.29 is 13.2 Å². The van der Waals surface area contributed by atoms with Gasteiger partial charge in [-0.3, -0.25) is 4.79 Å². The van der Waals surface area contributed by atoms with Crippen molar-refractivity contribution in [3.05, 3.63) is 48.0 Å². The average molecular weight is 460 g/mol. The first-order valence-corrected chi connectivity index (χ1v) is 13.3. The predicted molar refractivity (Wildman–Crippen MR) is 126 cm³/mol. The van der Waals surface area contributed by atoms with Gasteiger partial charge >= 0.3 is 0 Å². The molecule has 0 aromatic heterocycles. The van der Waals surface area contributed by atoms with E-state index in [4.69, 9.17) is 0 Å². The number of fused-ring (bicyclic) bond motifs is 1. The summed E-state index contributed by atoms with van der Waals surface area (Å²) >= 11 is 1.82. The normalized spacial score (nSPS) is 17.6. The molecule has 0 spiro atoms. The van der Waals surface area contributed by atoms with Crippen LogP contribution in [0, 0.1) is 6.92 Å². The van der Waals surface area contributed by atoms with E-state index in [1.54, 1.807) is 22.5 Å². The van der Waals surface area contributed by atoms with Gasteiger partial charge in [0, 0.05) is 30.2 Å². The Morgan fingerprint density at radius 2 is 1.81 bits per heavy atom. The minimum Gasteiger partial charge on any atom is -0.361 e. The highest BCUT2D eigenvalue weighted by Gasteiger charge is 2.26. The second-order valence-electron chi connectivity index (χ2n) is 8.08. The second kappa shape index (κ2) is 9.63. The Morgan fingerprint density at radius 1 is 1.03 bits per heavy atom. The number of amides is 1. The van der Waals surface area contributed by atoms with Gasteiger partial charge in [-0.05, 0) is 61.8 Å². The molecule has 0 atom stereocenters. The molecule has 0 radical (unpaired) electrons. The van der Waals surface area contributed by atoms with Gasteiger partial charge in [0.25, 0.3) is 0 Å². The minimum absolute atomic E-state index is 0.141. The van der Waals surface area contributed by atoms with Crippen molar-refractivity contribution in [1.29, 1.82) is 0 Å². The van der Waals surface area contributed by atoms with E-state index >= 15 is 0 Å². The molecule has 2 aromatic carbocycles. The minimum atomic E-state index is -3.54. The summed E-state index contributed by atoms with van der Waals surface area (Å²) in [5, 5.41) is 2.95. The molecule has 1 N–H and O–H groups in total. The topological polar surface area (TPSA) is 69.7 Å². The maximum Gasteiger partial charge on any atom is 0.243 e. The van der Waals surface area contributed by atoms with E-state index < -0.39 is 10.0 Å². The predicted octanol–water partition coefficient (Wildman–Crippen LogP) is 4.11. The molecule has 2 heterocycles. The monoisotopic (exact) mass is 459 g/mol. The first-order chi connectivity index (χ1) is 14.9. The highest BCUT2D eigenvalue weighted by molar-refractivity contribution is 7.99. The Kier molecular flexibility index (Phi) is 6.89. The summed E-state index contributed by atoms with van der Waals surface area (Å²) in [4.78, 5) is 16.4. The first-order valence-electron chi connectivity index (χ1n) is 10.8. The van der Waals surface area contributed by atoms with Crippen LogP contribution in [0.3, 0.4) is 0 Å². The van der Waals surface area contributed by atoms with Crippen LogP contribution >= 0.6 is 11.8 Å². The van der Waals surface area contributed by atoms with Crippen LogP contribution in [-0.2, 0) is 14.8 Å². The van der Waals surface area contributed by atoms with Crippen molar-refractivity contribution in [2.24, 2.45) is 0 Å². The number of thioether (sulfide) groups is 1. The average Bonchev–Trinajstić information content (AvgIpc) is 2.98. The lowest BCUT2D eigenvalue weighted by molar-refractivity contribution is -0.115. The number of rotatable bonds is 5. The van der Waals surface area contributed by atoms with Gasteiger partial charge < -0.3 is 10.2 Å². The van der Waals surface area contributed by atoms with Crippen LogP contribution in [0.15, 0.2) is 52.3 Å². The van der Waals surface area contributed by atoms with E-state index in [1.807, 2.05) is 30.8 Å². The zero-order valence-corrected chi connectivity index (χ0v) is 19.5. The van der Waals surface area contributed by atoms with Crippen molar-refractivity contribution >= 4 is 39.1 Å². The number of nitrogens with one attached hydrogen (secondary N) is 1. The summed E-state index contributed by atoms with van der Waals surface area (Å²) in [7, 11) is -3.54. The van der Waals surface area contributed by atoms with Crippen LogP contribution in [0.1, 0.15) is 31.2 Å². The summed E-state index contributed by atoms with van der Waals surface area (Å²) in [5.41, 5.74) is 2.48. The lowest BCUT2D eigenvalue weighted by Crippen LogP contribution is -2.36. The van der Waals surface area contributed by atoms with Gasteiger partial charge in [-0.2, -0.15) is 4.31 Å². The van der Waals surface area contributed by atoms with Crippen molar-refractivity contribution in [3.63, 3.8) is 0 Å². The summed E-state index contributed by atoms with van der Waals surface area (Å²) in [6.45, 7) is 4.05. The molecule has 2 aliphatic rings. The summed E-state index contributed by atoms with van der Waals surface area (Å²) in [6, 6.07) is 13.2. The van der Waals surface area contributed by atoms with Crippen molar-refractivity contribution in [2.45, 2.75) is 42.4 Å². The second-order valence-corrected chi connectivity index (χ2v) is 11.2. The standard InChI is InChI=1S/C23H29N3O3S2/c1-18-10-11-19(31(28,29)26-13-5-2-6-14-26)16-20(18)24-23(27)17-25-12-7-15-30-22-9-4-3-8-21(22)25/h3-4,8-11,16H,2,5-7,12-15,17H2,1H3,(H,24,27). The third-order valence-electron chi connectivity index (χ3n) is 5.81. The Hall–Kier alpha value is -2.03. The largest absolute Gasteiger partial charge is 0.361 e. The van der Waals surface area contributed by atoms with Gasteiger partial charge in [0.15, 0.2) is 0 Å². The molecule has 2 aliphatic heterocycles. The number of hydrogen-bond acceptors (Lipinski definition) is 5. The maximum atomic E-state index is 13.0. The molecule has 1 fully saturated rings.